The zero-order valence-corrected chi connectivity index (χ0v) is 12.9. The molecule has 0 aliphatic heterocycles. The van der Waals surface area contributed by atoms with Crippen molar-refractivity contribution in [1.82, 2.24) is 0 Å². The van der Waals surface area contributed by atoms with Gasteiger partial charge in [-0.3, -0.25) is 4.79 Å². The third-order valence-electron chi connectivity index (χ3n) is 5.02. The third kappa shape index (κ3) is 3.05. The number of hydrogen-bond donors (Lipinski definition) is 1. The number of carboxylic acid groups (broad SMARTS) is 1. The van der Waals surface area contributed by atoms with Gasteiger partial charge in [0.25, 0.3) is 0 Å². The molecule has 0 saturated heterocycles. The number of rotatable bonds is 4. The van der Waals surface area contributed by atoms with Gasteiger partial charge in [0.15, 0.2) is 0 Å². The summed E-state index contributed by atoms with van der Waals surface area (Å²) in [4.78, 5) is 11.6. The molecule has 1 fully saturated rings. The molecule has 1 aromatic rings. The van der Waals surface area contributed by atoms with E-state index in [1.807, 2.05) is 0 Å². The Bertz CT molecular complexity index is 478. The molecule has 110 valence electrons. The van der Waals surface area contributed by atoms with Gasteiger partial charge in [0.05, 0.1) is 5.92 Å². The van der Waals surface area contributed by atoms with Crippen LogP contribution in [0.4, 0.5) is 0 Å². The summed E-state index contributed by atoms with van der Waals surface area (Å²) >= 11 is 0. The summed E-state index contributed by atoms with van der Waals surface area (Å²) in [7, 11) is 0. The highest BCUT2D eigenvalue weighted by Gasteiger charge is 2.36. The lowest BCUT2D eigenvalue weighted by Gasteiger charge is -2.35. The van der Waals surface area contributed by atoms with Crippen molar-refractivity contribution >= 4 is 5.97 Å². The molecule has 20 heavy (non-hydrogen) atoms. The minimum Gasteiger partial charge on any atom is -0.481 e. The van der Waals surface area contributed by atoms with Gasteiger partial charge in [0, 0.05) is 0 Å². The molecule has 0 radical (unpaired) electrons. The predicted octanol–water partition coefficient (Wildman–Crippen LogP) is 4.69. The van der Waals surface area contributed by atoms with Crippen molar-refractivity contribution in [3.8, 4) is 0 Å². The van der Waals surface area contributed by atoms with Crippen molar-refractivity contribution < 1.29 is 9.90 Å². The van der Waals surface area contributed by atoms with E-state index >= 15 is 0 Å². The molecule has 3 atom stereocenters. The lowest BCUT2D eigenvalue weighted by atomic mass is 9.69. The molecular weight excluding hydrogens is 248 g/mol. The average Bonchev–Trinajstić information content (AvgIpc) is 2.42. The second kappa shape index (κ2) is 6.43. The van der Waals surface area contributed by atoms with Crippen LogP contribution in [0.2, 0.25) is 0 Å². The van der Waals surface area contributed by atoms with E-state index in [2.05, 4.69) is 39.0 Å². The highest BCUT2D eigenvalue weighted by Crippen LogP contribution is 2.43. The predicted molar refractivity (Wildman–Crippen MR) is 82.0 cm³/mol. The fraction of sp³-hybridized carbons (Fsp3) is 0.611. The first-order chi connectivity index (χ1) is 9.54. The zero-order chi connectivity index (χ0) is 14.7. The first kappa shape index (κ1) is 15.1. The van der Waals surface area contributed by atoms with E-state index in [9.17, 15) is 9.90 Å². The Hall–Kier alpha value is -1.31. The average molecular weight is 274 g/mol. The van der Waals surface area contributed by atoms with E-state index in [-0.39, 0.29) is 11.8 Å². The van der Waals surface area contributed by atoms with Crippen LogP contribution < -0.4 is 0 Å². The van der Waals surface area contributed by atoms with E-state index in [0.717, 1.165) is 19.3 Å². The monoisotopic (exact) mass is 274 g/mol. The highest BCUT2D eigenvalue weighted by atomic mass is 16.4. The molecule has 3 unspecified atom stereocenters. The van der Waals surface area contributed by atoms with Crippen LogP contribution in [0.1, 0.15) is 61.6 Å². The van der Waals surface area contributed by atoms with Gasteiger partial charge in [-0.1, -0.05) is 38.0 Å². The van der Waals surface area contributed by atoms with Crippen LogP contribution in [0.15, 0.2) is 18.2 Å². The van der Waals surface area contributed by atoms with Gasteiger partial charge in [-0.15, -0.1) is 0 Å². The second-order valence-corrected chi connectivity index (χ2v) is 6.31. The van der Waals surface area contributed by atoms with Crippen molar-refractivity contribution in [1.29, 1.82) is 0 Å². The molecule has 2 heteroatoms. The van der Waals surface area contributed by atoms with E-state index in [0.29, 0.717) is 5.92 Å². The normalized spacial score (nSPS) is 26.4. The summed E-state index contributed by atoms with van der Waals surface area (Å²) in [5.41, 5.74) is 3.81. The number of carbonyl (C=O) groups is 1. The summed E-state index contributed by atoms with van der Waals surface area (Å²) in [5, 5.41) is 9.55. The molecule has 1 aliphatic rings. The van der Waals surface area contributed by atoms with Gasteiger partial charge >= 0.3 is 5.97 Å². The SMILES string of the molecule is CCCC1CCC(C(=O)O)C(c2cccc(C)c2C)C1. The van der Waals surface area contributed by atoms with Gasteiger partial charge in [-0.05, 0) is 61.6 Å². The molecular formula is C18H26O2. The summed E-state index contributed by atoms with van der Waals surface area (Å²) in [6.07, 6.45) is 5.37. The molecule has 1 saturated carbocycles. The Morgan fingerprint density at radius 3 is 2.70 bits per heavy atom. The summed E-state index contributed by atoms with van der Waals surface area (Å²) < 4.78 is 0. The van der Waals surface area contributed by atoms with E-state index in [4.69, 9.17) is 0 Å². The minimum atomic E-state index is -0.620. The Kier molecular flexibility index (Phi) is 4.85. The van der Waals surface area contributed by atoms with Gasteiger partial charge in [-0.25, -0.2) is 0 Å². The van der Waals surface area contributed by atoms with Crippen LogP contribution in [-0.4, -0.2) is 11.1 Å². The van der Waals surface area contributed by atoms with Crippen LogP contribution in [0.3, 0.4) is 0 Å². The highest BCUT2D eigenvalue weighted by molar-refractivity contribution is 5.71. The number of hydrogen-bond acceptors (Lipinski definition) is 1. The number of benzene rings is 1. The zero-order valence-electron chi connectivity index (χ0n) is 12.9. The van der Waals surface area contributed by atoms with Crippen LogP contribution in [0, 0.1) is 25.7 Å². The van der Waals surface area contributed by atoms with Gasteiger partial charge in [-0.2, -0.15) is 0 Å². The topological polar surface area (TPSA) is 37.3 Å². The van der Waals surface area contributed by atoms with Crippen molar-refractivity contribution in [2.75, 3.05) is 0 Å². The maximum atomic E-state index is 11.6. The molecule has 1 aromatic carbocycles. The molecule has 0 aromatic heterocycles. The molecule has 2 nitrogen and oxygen atoms in total. The van der Waals surface area contributed by atoms with Gasteiger partial charge < -0.3 is 5.11 Å². The van der Waals surface area contributed by atoms with E-state index in [1.165, 1.54) is 29.5 Å². The number of aryl methyl sites for hydroxylation is 1. The minimum absolute atomic E-state index is 0.192. The summed E-state index contributed by atoms with van der Waals surface area (Å²) in [6.45, 7) is 6.46. The largest absolute Gasteiger partial charge is 0.481 e. The van der Waals surface area contributed by atoms with Gasteiger partial charge in [0.1, 0.15) is 0 Å². The molecule has 0 bridgehead atoms. The number of carboxylic acids is 1. The van der Waals surface area contributed by atoms with Crippen LogP contribution in [0.5, 0.6) is 0 Å². The fourth-order valence-corrected chi connectivity index (χ4v) is 3.74. The maximum Gasteiger partial charge on any atom is 0.307 e. The fourth-order valence-electron chi connectivity index (χ4n) is 3.74. The Balaban J connectivity index is 2.31. The second-order valence-electron chi connectivity index (χ2n) is 6.31. The van der Waals surface area contributed by atoms with Crippen LogP contribution in [-0.2, 0) is 4.79 Å². The number of aliphatic carboxylic acids is 1. The Morgan fingerprint density at radius 2 is 2.05 bits per heavy atom. The summed E-state index contributed by atoms with van der Waals surface area (Å²) in [6, 6.07) is 6.32. The molecule has 0 heterocycles. The van der Waals surface area contributed by atoms with Crippen molar-refractivity contribution in [3.05, 3.63) is 34.9 Å². The molecule has 2 rings (SSSR count). The smallest absolute Gasteiger partial charge is 0.307 e. The maximum absolute atomic E-state index is 11.6. The van der Waals surface area contributed by atoms with Crippen molar-refractivity contribution in [3.63, 3.8) is 0 Å². The Labute approximate surface area is 122 Å². The van der Waals surface area contributed by atoms with Crippen LogP contribution >= 0.6 is 0 Å². The standard InChI is InChI=1S/C18H26O2/c1-4-6-14-9-10-16(18(19)20)17(11-14)15-8-5-7-12(2)13(15)3/h5,7-8,14,16-17H,4,6,9-11H2,1-3H3,(H,19,20). The first-order valence-corrected chi connectivity index (χ1v) is 7.83. The van der Waals surface area contributed by atoms with Crippen LogP contribution in [0.25, 0.3) is 0 Å². The van der Waals surface area contributed by atoms with Crippen molar-refractivity contribution in [2.24, 2.45) is 11.8 Å². The van der Waals surface area contributed by atoms with E-state index < -0.39 is 5.97 Å². The molecule has 1 N–H and O–H groups in total. The van der Waals surface area contributed by atoms with Gasteiger partial charge in [0.2, 0.25) is 0 Å². The molecule has 0 spiro atoms. The lowest BCUT2D eigenvalue weighted by molar-refractivity contribution is -0.143. The third-order valence-corrected chi connectivity index (χ3v) is 5.02. The molecule has 0 amide bonds. The van der Waals surface area contributed by atoms with E-state index in [1.54, 1.807) is 0 Å². The Morgan fingerprint density at radius 1 is 1.30 bits per heavy atom. The quantitative estimate of drug-likeness (QED) is 0.865. The van der Waals surface area contributed by atoms with Crippen molar-refractivity contribution in [2.45, 2.75) is 58.8 Å². The molecule has 1 aliphatic carbocycles. The first-order valence-electron chi connectivity index (χ1n) is 7.83. The lowest BCUT2D eigenvalue weighted by Crippen LogP contribution is -2.29. The summed E-state index contributed by atoms with van der Waals surface area (Å²) in [5.74, 6) is 0.0627.